The van der Waals surface area contributed by atoms with Crippen LogP contribution in [-0.4, -0.2) is 73.6 Å². The molecule has 3 aliphatic rings. The molecule has 2 saturated heterocycles. The Labute approximate surface area is 201 Å². The van der Waals surface area contributed by atoms with Crippen molar-refractivity contribution in [1.29, 1.82) is 0 Å². The first-order valence-corrected chi connectivity index (χ1v) is 12.2. The number of thiocarbonyl (C=S) groups is 1. The summed E-state index contributed by atoms with van der Waals surface area (Å²) in [7, 11) is 4.80. The van der Waals surface area contributed by atoms with Gasteiger partial charge in [-0.15, -0.1) is 0 Å². The van der Waals surface area contributed by atoms with Crippen molar-refractivity contribution < 1.29 is 23.7 Å². The van der Waals surface area contributed by atoms with Crippen LogP contribution in [0.1, 0.15) is 50.5 Å². The molecule has 1 aromatic carbocycles. The van der Waals surface area contributed by atoms with Gasteiger partial charge in [-0.05, 0) is 68.4 Å². The van der Waals surface area contributed by atoms with Gasteiger partial charge in [-0.1, -0.05) is 6.42 Å². The third kappa shape index (κ3) is 5.08. The number of hydrogen-bond donors (Lipinski definition) is 1. The van der Waals surface area contributed by atoms with Gasteiger partial charge >= 0.3 is 6.09 Å². The number of amides is 1. The fraction of sp³-hybridized carbons (Fsp3) is 0.667. The normalized spacial score (nSPS) is 20.5. The average molecular weight is 478 g/mol. The van der Waals surface area contributed by atoms with Crippen molar-refractivity contribution in [3.05, 3.63) is 17.7 Å². The predicted octanol–water partition coefficient (Wildman–Crippen LogP) is 3.71. The fourth-order valence-corrected chi connectivity index (χ4v) is 5.55. The van der Waals surface area contributed by atoms with E-state index in [1.807, 2.05) is 17.0 Å². The van der Waals surface area contributed by atoms with Crippen molar-refractivity contribution in [3.63, 3.8) is 0 Å². The summed E-state index contributed by atoms with van der Waals surface area (Å²) in [6.45, 7) is 2.95. The summed E-state index contributed by atoms with van der Waals surface area (Å²) in [5.74, 6) is 1.81. The summed E-state index contributed by atoms with van der Waals surface area (Å²) in [4.78, 5) is 16.8. The first-order valence-electron chi connectivity index (χ1n) is 11.8. The molecule has 1 N–H and O–H groups in total. The summed E-state index contributed by atoms with van der Waals surface area (Å²) in [5, 5.41) is 4.07. The SMILES string of the molecule is COc1cc(CNC(=S)N2CCC(N3CC4(CCCCC4)OC3=O)CC2)cc(OC)c1OC. The summed E-state index contributed by atoms with van der Waals surface area (Å²) < 4.78 is 22.1. The van der Waals surface area contributed by atoms with E-state index < -0.39 is 0 Å². The number of ether oxygens (including phenoxy) is 4. The molecule has 8 nitrogen and oxygen atoms in total. The number of benzene rings is 1. The molecule has 3 fully saturated rings. The quantitative estimate of drug-likeness (QED) is 0.622. The van der Waals surface area contributed by atoms with Crippen LogP contribution in [0.2, 0.25) is 0 Å². The van der Waals surface area contributed by atoms with E-state index in [-0.39, 0.29) is 17.7 Å². The van der Waals surface area contributed by atoms with Crippen LogP contribution in [-0.2, 0) is 11.3 Å². The minimum atomic E-state index is -0.232. The number of piperidine rings is 1. The second kappa shape index (κ2) is 10.2. The van der Waals surface area contributed by atoms with E-state index in [2.05, 4.69) is 10.2 Å². The molecular weight excluding hydrogens is 442 g/mol. The van der Waals surface area contributed by atoms with E-state index in [0.717, 1.165) is 68.8 Å². The highest BCUT2D eigenvalue weighted by molar-refractivity contribution is 7.80. The van der Waals surface area contributed by atoms with Gasteiger partial charge in [-0.25, -0.2) is 4.79 Å². The van der Waals surface area contributed by atoms with Crippen LogP contribution >= 0.6 is 12.2 Å². The highest BCUT2D eigenvalue weighted by Gasteiger charge is 2.48. The van der Waals surface area contributed by atoms with Gasteiger partial charge in [0.25, 0.3) is 0 Å². The number of hydrogen-bond acceptors (Lipinski definition) is 6. The number of carbonyl (C=O) groups is 1. The van der Waals surface area contributed by atoms with Crippen LogP contribution in [0, 0.1) is 0 Å². The van der Waals surface area contributed by atoms with Crippen molar-refractivity contribution in [1.82, 2.24) is 15.1 Å². The number of nitrogens with one attached hydrogen (secondary N) is 1. The van der Waals surface area contributed by atoms with Crippen LogP contribution in [0.5, 0.6) is 17.2 Å². The van der Waals surface area contributed by atoms with Gasteiger partial charge in [0.1, 0.15) is 5.60 Å². The number of rotatable bonds is 6. The molecule has 1 aliphatic carbocycles. The first kappa shape index (κ1) is 23.7. The van der Waals surface area contributed by atoms with Crippen LogP contribution in [0.25, 0.3) is 0 Å². The monoisotopic (exact) mass is 477 g/mol. The molecule has 0 aromatic heterocycles. The van der Waals surface area contributed by atoms with Gasteiger partial charge in [-0.2, -0.15) is 0 Å². The number of carbonyl (C=O) groups excluding carboxylic acids is 1. The Bertz CT molecular complexity index is 841. The molecule has 2 heterocycles. The van der Waals surface area contributed by atoms with Gasteiger partial charge in [-0.3, -0.25) is 0 Å². The molecule has 1 saturated carbocycles. The first-order chi connectivity index (χ1) is 16.0. The molecule has 1 amide bonds. The standard InChI is InChI=1S/C24H35N3O5S/c1-29-19-13-17(14-20(30-2)21(19)31-3)15-25-22(33)26-11-7-18(8-12-26)27-16-24(32-23(27)28)9-5-4-6-10-24/h13-14,18H,4-12,15-16H2,1-3H3,(H,25,33). The zero-order valence-electron chi connectivity index (χ0n) is 19.9. The zero-order chi connectivity index (χ0) is 23.4. The van der Waals surface area contributed by atoms with Crippen molar-refractivity contribution in [2.45, 2.75) is 63.1 Å². The van der Waals surface area contributed by atoms with Gasteiger partial charge in [0, 0.05) is 25.7 Å². The molecule has 182 valence electrons. The maximum atomic E-state index is 12.6. The smallest absolute Gasteiger partial charge is 0.410 e. The molecule has 1 aromatic rings. The molecule has 0 radical (unpaired) electrons. The fourth-order valence-electron chi connectivity index (χ4n) is 5.29. The van der Waals surface area contributed by atoms with E-state index in [9.17, 15) is 4.79 Å². The maximum absolute atomic E-state index is 12.6. The summed E-state index contributed by atoms with van der Waals surface area (Å²) in [6, 6.07) is 4.07. The summed E-state index contributed by atoms with van der Waals surface area (Å²) >= 11 is 5.66. The Balaban J connectivity index is 1.29. The molecule has 1 spiro atoms. The van der Waals surface area contributed by atoms with Crippen molar-refractivity contribution >= 4 is 23.4 Å². The van der Waals surface area contributed by atoms with E-state index in [1.165, 1.54) is 6.42 Å². The van der Waals surface area contributed by atoms with Crippen molar-refractivity contribution in [2.75, 3.05) is 41.0 Å². The molecule has 0 unspecified atom stereocenters. The summed E-state index contributed by atoms with van der Waals surface area (Å²) in [5.41, 5.74) is 0.753. The molecule has 0 atom stereocenters. The van der Waals surface area contributed by atoms with E-state index >= 15 is 0 Å². The van der Waals surface area contributed by atoms with E-state index in [4.69, 9.17) is 31.2 Å². The highest BCUT2D eigenvalue weighted by atomic mass is 32.1. The van der Waals surface area contributed by atoms with Crippen LogP contribution in [0.3, 0.4) is 0 Å². The average Bonchev–Trinajstić information content (AvgIpc) is 3.17. The van der Waals surface area contributed by atoms with Crippen LogP contribution in [0.15, 0.2) is 12.1 Å². The molecule has 0 bridgehead atoms. The minimum absolute atomic E-state index is 0.126. The second-order valence-corrected chi connectivity index (χ2v) is 9.54. The molecule has 2 aliphatic heterocycles. The Morgan fingerprint density at radius 1 is 1.09 bits per heavy atom. The lowest BCUT2D eigenvalue weighted by Crippen LogP contribution is -2.50. The Kier molecular flexibility index (Phi) is 7.36. The third-order valence-corrected chi connectivity index (χ3v) is 7.52. The molecule has 33 heavy (non-hydrogen) atoms. The highest BCUT2D eigenvalue weighted by Crippen LogP contribution is 2.39. The van der Waals surface area contributed by atoms with Gasteiger partial charge < -0.3 is 34.1 Å². The number of likely N-dealkylation sites (tertiary alicyclic amines) is 1. The molecular formula is C24H35N3O5S. The number of nitrogens with zero attached hydrogens (tertiary/aromatic N) is 2. The summed E-state index contributed by atoms with van der Waals surface area (Å²) in [6.07, 6.45) is 7.24. The van der Waals surface area contributed by atoms with E-state index in [1.54, 1.807) is 21.3 Å². The lowest BCUT2D eigenvalue weighted by molar-refractivity contribution is 0.0259. The Hall–Kier alpha value is -2.42. The minimum Gasteiger partial charge on any atom is -0.493 e. The third-order valence-electron chi connectivity index (χ3n) is 7.12. The zero-order valence-corrected chi connectivity index (χ0v) is 20.7. The van der Waals surface area contributed by atoms with E-state index in [0.29, 0.717) is 23.8 Å². The second-order valence-electron chi connectivity index (χ2n) is 9.15. The molecule has 4 rings (SSSR count). The van der Waals surface area contributed by atoms with Crippen molar-refractivity contribution in [2.24, 2.45) is 0 Å². The maximum Gasteiger partial charge on any atom is 0.410 e. The lowest BCUT2D eigenvalue weighted by Gasteiger charge is -2.37. The van der Waals surface area contributed by atoms with Crippen LogP contribution in [0.4, 0.5) is 4.79 Å². The number of methoxy groups -OCH3 is 3. The molecule has 9 heteroatoms. The van der Waals surface area contributed by atoms with Crippen molar-refractivity contribution in [3.8, 4) is 17.2 Å². The van der Waals surface area contributed by atoms with Gasteiger partial charge in [0.2, 0.25) is 5.75 Å². The Morgan fingerprint density at radius 2 is 1.73 bits per heavy atom. The topological polar surface area (TPSA) is 72.5 Å². The lowest BCUT2D eigenvalue weighted by atomic mass is 9.84. The van der Waals surface area contributed by atoms with Gasteiger partial charge in [0.05, 0.1) is 27.9 Å². The Morgan fingerprint density at radius 3 is 2.30 bits per heavy atom. The van der Waals surface area contributed by atoms with Gasteiger partial charge in [0.15, 0.2) is 16.6 Å². The largest absolute Gasteiger partial charge is 0.493 e. The van der Waals surface area contributed by atoms with Crippen LogP contribution < -0.4 is 19.5 Å². The predicted molar refractivity (Wildman–Crippen MR) is 129 cm³/mol.